The fourth-order valence-electron chi connectivity index (χ4n) is 5.17. The number of pyridine rings is 2. The van der Waals surface area contributed by atoms with E-state index in [2.05, 4.69) is 59.2 Å². The van der Waals surface area contributed by atoms with Crippen LogP contribution in [0.4, 0.5) is 0 Å². The molecule has 0 saturated carbocycles. The molecule has 2 unspecified atom stereocenters. The Bertz CT molecular complexity index is 1210. The van der Waals surface area contributed by atoms with Gasteiger partial charge in [-0.15, -0.1) is 0 Å². The number of carbonyl (C=O) groups is 1. The quantitative estimate of drug-likeness (QED) is 0.396. The third kappa shape index (κ3) is 4.94. The topological polar surface area (TPSA) is 58.1 Å². The molecule has 1 saturated heterocycles. The standard InChI is InChI=1S/C26H25Br2ClN4O/c27-19-10-18-7-6-17-11-20(29)12-21(28)23(17)25(24(18)31-15-19)33-9-2-1-5-22(33)26(34)32-14-16-4-3-8-30-13-16/h3-4,8,10-13,15,22,25H,1-2,5-7,9,14H2,(H,32,34). The molecule has 0 radical (unpaired) electrons. The molecule has 2 atom stereocenters. The van der Waals surface area contributed by atoms with Gasteiger partial charge in [-0.2, -0.15) is 0 Å². The molecule has 0 spiro atoms. The molecule has 2 aromatic heterocycles. The van der Waals surface area contributed by atoms with Gasteiger partial charge in [0.15, 0.2) is 0 Å². The van der Waals surface area contributed by atoms with E-state index in [-0.39, 0.29) is 18.0 Å². The van der Waals surface area contributed by atoms with Crippen LogP contribution < -0.4 is 5.32 Å². The zero-order chi connectivity index (χ0) is 23.7. The maximum absolute atomic E-state index is 13.5. The molecule has 5 rings (SSSR count). The maximum Gasteiger partial charge on any atom is 0.237 e. The third-order valence-corrected chi connectivity index (χ3v) is 8.02. The molecule has 5 nitrogen and oxygen atoms in total. The minimum absolute atomic E-state index is 0.0538. The molecule has 1 aromatic carbocycles. The van der Waals surface area contributed by atoms with Gasteiger partial charge in [0.25, 0.3) is 0 Å². The number of hydrogen-bond acceptors (Lipinski definition) is 4. The number of piperidine rings is 1. The monoisotopic (exact) mass is 602 g/mol. The molecule has 8 heteroatoms. The van der Waals surface area contributed by atoms with Crippen molar-refractivity contribution in [3.8, 4) is 0 Å². The highest BCUT2D eigenvalue weighted by molar-refractivity contribution is 9.10. The summed E-state index contributed by atoms with van der Waals surface area (Å²) < 4.78 is 1.94. The van der Waals surface area contributed by atoms with Crippen LogP contribution in [0.15, 0.2) is 57.9 Å². The summed E-state index contributed by atoms with van der Waals surface area (Å²) in [4.78, 5) is 24.9. The van der Waals surface area contributed by atoms with Gasteiger partial charge in [-0.1, -0.05) is 40.0 Å². The smallest absolute Gasteiger partial charge is 0.237 e. The van der Waals surface area contributed by atoms with Crippen LogP contribution in [0.3, 0.4) is 0 Å². The highest BCUT2D eigenvalue weighted by Gasteiger charge is 2.39. The Morgan fingerprint density at radius 3 is 2.82 bits per heavy atom. The van der Waals surface area contributed by atoms with Crippen LogP contribution in [0.5, 0.6) is 0 Å². The number of halogens is 3. The third-order valence-electron chi connectivity index (χ3n) is 6.71. The molecule has 3 aromatic rings. The Labute approximate surface area is 221 Å². The SMILES string of the molecule is O=C(NCc1cccnc1)C1CCCCN1C1c2ncc(Br)cc2CCc2cc(Cl)cc(Br)c21. The summed E-state index contributed by atoms with van der Waals surface area (Å²) in [5.41, 5.74) is 5.60. The molecule has 1 amide bonds. The second-order valence-electron chi connectivity index (χ2n) is 8.89. The summed E-state index contributed by atoms with van der Waals surface area (Å²) in [5.74, 6) is 0.0538. The Morgan fingerprint density at radius 1 is 1.15 bits per heavy atom. The molecule has 1 N–H and O–H groups in total. The summed E-state index contributed by atoms with van der Waals surface area (Å²) in [6.45, 7) is 1.31. The average Bonchev–Trinajstić information content (AvgIpc) is 3.00. The molecule has 176 valence electrons. The number of rotatable bonds is 4. The molecule has 34 heavy (non-hydrogen) atoms. The van der Waals surface area contributed by atoms with Gasteiger partial charge in [0.1, 0.15) is 0 Å². The average molecular weight is 605 g/mol. The van der Waals surface area contributed by atoms with Gasteiger partial charge in [-0.25, -0.2) is 0 Å². The van der Waals surface area contributed by atoms with Crippen molar-refractivity contribution < 1.29 is 4.79 Å². The van der Waals surface area contributed by atoms with Crippen molar-refractivity contribution in [2.45, 2.75) is 50.7 Å². The Hall–Kier alpha value is -1.80. The zero-order valence-corrected chi connectivity index (χ0v) is 22.5. The lowest BCUT2D eigenvalue weighted by Crippen LogP contribution is -2.51. The van der Waals surface area contributed by atoms with Crippen LogP contribution in [0.2, 0.25) is 5.02 Å². The van der Waals surface area contributed by atoms with E-state index in [1.807, 2.05) is 24.4 Å². The van der Waals surface area contributed by atoms with Crippen LogP contribution in [0.1, 0.15) is 53.3 Å². The number of fused-ring (bicyclic) bond motifs is 2. The molecule has 1 fully saturated rings. The van der Waals surface area contributed by atoms with E-state index in [1.54, 1.807) is 12.4 Å². The van der Waals surface area contributed by atoms with Crippen molar-refractivity contribution in [2.75, 3.05) is 6.54 Å². The highest BCUT2D eigenvalue weighted by atomic mass is 79.9. The second-order valence-corrected chi connectivity index (χ2v) is 11.1. The Kier molecular flexibility index (Phi) is 7.35. The predicted octanol–water partition coefficient (Wildman–Crippen LogP) is 6.01. The van der Waals surface area contributed by atoms with E-state index in [0.717, 1.165) is 58.9 Å². The summed E-state index contributed by atoms with van der Waals surface area (Å²) >= 11 is 13.8. The van der Waals surface area contributed by atoms with Crippen molar-refractivity contribution >= 4 is 49.4 Å². The summed E-state index contributed by atoms with van der Waals surface area (Å²) in [7, 11) is 0. The first-order valence-corrected chi connectivity index (χ1v) is 13.5. The van der Waals surface area contributed by atoms with Crippen molar-refractivity contribution in [3.05, 3.63) is 90.8 Å². The van der Waals surface area contributed by atoms with Crippen LogP contribution in [-0.2, 0) is 24.2 Å². The zero-order valence-electron chi connectivity index (χ0n) is 18.6. The number of likely N-dealkylation sites (tertiary alicyclic amines) is 1. The van der Waals surface area contributed by atoms with Gasteiger partial charge >= 0.3 is 0 Å². The molecule has 0 bridgehead atoms. The largest absolute Gasteiger partial charge is 0.351 e. The first kappa shape index (κ1) is 23.9. The summed E-state index contributed by atoms with van der Waals surface area (Å²) in [5, 5.41) is 3.87. The number of amides is 1. The van der Waals surface area contributed by atoms with Gasteiger partial charge in [0.05, 0.1) is 17.8 Å². The molecule has 3 heterocycles. The van der Waals surface area contributed by atoms with Crippen LogP contribution in [0, 0.1) is 0 Å². The molecular formula is C26H25Br2ClN4O. The first-order chi connectivity index (χ1) is 16.5. The fourth-order valence-corrected chi connectivity index (χ4v) is 6.64. The number of benzene rings is 1. The summed E-state index contributed by atoms with van der Waals surface area (Å²) in [6, 6.07) is 9.70. The van der Waals surface area contributed by atoms with E-state index in [9.17, 15) is 4.79 Å². The Balaban J connectivity index is 1.54. The number of aryl methyl sites for hydroxylation is 2. The lowest BCUT2D eigenvalue weighted by atomic mass is 9.91. The lowest BCUT2D eigenvalue weighted by molar-refractivity contribution is -0.128. The van der Waals surface area contributed by atoms with Crippen molar-refractivity contribution in [2.24, 2.45) is 0 Å². The first-order valence-electron chi connectivity index (χ1n) is 11.6. The van der Waals surface area contributed by atoms with Gasteiger partial charge in [0, 0.05) is 39.1 Å². The minimum atomic E-state index is -0.234. The number of hydrogen-bond donors (Lipinski definition) is 1. The van der Waals surface area contributed by atoms with Crippen molar-refractivity contribution in [1.29, 1.82) is 0 Å². The maximum atomic E-state index is 13.5. The molecular weight excluding hydrogens is 580 g/mol. The van der Waals surface area contributed by atoms with Crippen molar-refractivity contribution in [1.82, 2.24) is 20.2 Å². The number of carbonyl (C=O) groups excluding carboxylic acids is 1. The van der Waals surface area contributed by atoms with Gasteiger partial charge < -0.3 is 5.32 Å². The minimum Gasteiger partial charge on any atom is -0.351 e. The van der Waals surface area contributed by atoms with Gasteiger partial charge in [-0.05, 0) is 94.7 Å². The normalized spacial score (nSPS) is 20.2. The van der Waals surface area contributed by atoms with Gasteiger partial charge in [-0.3, -0.25) is 19.7 Å². The van der Waals surface area contributed by atoms with Crippen molar-refractivity contribution in [3.63, 3.8) is 0 Å². The second kappa shape index (κ2) is 10.4. The van der Waals surface area contributed by atoms with Gasteiger partial charge in [0.2, 0.25) is 5.91 Å². The summed E-state index contributed by atoms with van der Waals surface area (Å²) in [6.07, 6.45) is 10.1. The fraction of sp³-hybridized carbons (Fsp3) is 0.346. The van der Waals surface area contributed by atoms with Crippen LogP contribution in [0.25, 0.3) is 0 Å². The molecule has 1 aliphatic carbocycles. The highest BCUT2D eigenvalue weighted by Crippen LogP contribution is 2.43. The van der Waals surface area contributed by atoms with E-state index in [1.165, 1.54) is 16.7 Å². The number of nitrogens with zero attached hydrogens (tertiary/aromatic N) is 3. The predicted molar refractivity (Wildman–Crippen MR) is 141 cm³/mol. The van der Waals surface area contributed by atoms with E-state index >= 15 is 0 Å². The molecule has 1 aliphatic heterocycles. The van der Waals surface area contributed by atoms with E-state index < -0.39 is 0 Å². The van der Waals surface area contributed by atoms with E-state index in [0.29, 0.717) is 11.6 Å². The van der Waals surface area contributed by atoms with Crippen LogP contribution in [-0.4, -0.2) is 33.4 Å². The Morgan fingerprint density at radius 2 is 2.00 bits per heavy atom. The number of aromatic nitrogens is 2. The lowest BCUT2D eigenvalue weighted by Gasteiger charge is -2.41. The molecule has 2 aliphatic rings. The van der Waals surface area contributed by atoms with E-state index in [4.69, 9.17) is 16.6 Å². The number of nitrogens with one attached hydrogen (secondary N) is 1. The van der Waals surface area contributed by atoms with Crippen LogP contribution >= 0.6 is 43.5 Å².